The molecule has 0 unspecified atom stereocenters. The maximum absolute atomic E-state index is 11.7. The summed E-state index contributed by atoms with van der Waals surface area (Å²) in [6, 6.07) is 3.04. The Balaban J connectivity index is 1.49. The molecule has 1 saturated heterocycles. The molecule has 0 radical (unpaired) electrons. The van der Waals surface area contributed by atoms with E-state index in [0.29, 0.717) is 24.6 Å². The van der Waals surface area contributed by atoms with E-state index in [4.69, 9.17) is 0 Å². The number of aromatic amines is 1. The summed E-state index contributed by atoms with van der Waals surface area (Å²) in [5, 5.41) is 12.0. The number of pyridine rings is 1. The fourth-order valence-electron chi connectivity index (χ4n) is 1.98. The lowest BCUT2D eigenvalue weighted by Crippen LogP contribution is -2.43. The van der Waals surface area contributed by atoms with Crippen molar-refractivity contribution in [1.82, 2.24) is 30.8 Å². The summed E-state index contributed by atoms with van der Waals surface area (Å²) in [5.74, 6) is 0.939. The summed E-state index contributed by atoms with van der Waals surface area (Å²) in [4.78, 5) is 30.9. The molecular weight excluding hydrogens is 288 g/mol. The van der Waals surface area contributed by atoms with Crippen LogP contribution < -0.4 is 10.6 Å². The molecule has 2 amide bonds. The van der Waals surface area contributed by atoms with E-state index in [1.165, 1.54) is 0 Å². The average Bonchev–Trinajstić information content (AvgIpc) is 3.17. The Morgan fingerprint density at radius 1 is 1.50 bits per heavy atom. The van der Waals surface area contributed by atoms with E-state index in [2.05, 4.69) is 35.5 Å². The van der Waals surface area contributed by atoms with Gasteiger partial charge in [-0.3, -0.25) is 14.9 Å². The van der Waals surface area contributed by atoms with E-state index >= 15 is 0 Å². The van der Waals surface area contributed by atoms with Crippen molar-refractivity contribution in [1.29, 1.82) is 0 Å². The number of rotatable bonds is 5. The molecule has 2 aromatic rings. The quantitative estimate of drug-likeness (QED) is 0.693. The number of nitrogens with zero attached hydrogens (tertiary/aromatic N) is 3. The number of ether oxygens (including phenoxy) is 1. The largest absolute Gasteiger partial charge is 0.447 e. The maximum Gasteiger partial charge on any atom is 0.407 e. The summed E-state index contributed by atoms with van der Waals surface area (Å²) < 4.78 is 4.66. The zero-order chi connectivity index (χ0) is 15.4. The Morgan fingerprint density at radius 2 is 2.41 bits per heavy atom. The zero-order valence-electron chi connectivity index (χ0n) is 11.6. The van der Waals surface area contributed by atoms with Gasteiger partial charge < -0.3 is 15.4 Å². The van der Waals surface area contributed by atoms with Gasteiger partial charge in [0, 0.05) is 30.9 Å². The second-order valence-electron chi connectivity index (χ2n) is 4.68. The van der Waals surface area contributed by atoms with E-state index in [9.17, 15) is 9.59 Å². The van der Waals surface area contributed by atoms with Crippen molar-refractivity contribution in [3.8, 4) is 11.4 Å². The normalized spacial score (nSPS) is 16.9. The highest BCUT2D eigenvalue weighted by Gasteiger charge is 2.28. The molecule has 1 atom stereocenters. The highest BCUT2D eigenvalue weighted by Crippen LogP contribution is 2.11. The van der Waals surface area contributed by atoms with Gasteiger partial charge in [-0.05, 0) is 12.1 Å². The van der Waals surface area contributed by atoms with Crippen molar-refractivity contribution in [3.63, 3.8) is 0 Å². The van der Waals surface area contributed by atoms with Crippen LogP contribution in [0.3, 0.4) is 0 Å². The summed E-state index contributed by atoms with van der Waals surface area (Å²) in [6.45, 7) is 0.436. The van der Waals surface area contributed by atoms with Crippen molar-refractivity contribution in [2.24, 2.45) is 0 Å². The van der Waals surface area contributed by atoms with Crippen LogP contribution in [-0.4, -0.2) is 51.4 Å². The number of carbonyl (C=O) groups is 2. The van der Waals surface area contributed by atoms with Crippen molar-refractivity contribution >= 4 is 12.0 Å². The minimum atomic E-state index is -0.631. The number of amides is 2. The lowest BCUT2D eigenvalue weighted by molar-refractivity contribution is -0.122. The van der Waals surface area contributed by atoms with E-state index in [0.717, 1.165) is 5.56 Å². The Bertz CT molecular complexity index is 671. The molecule has 3 rings (SSSR count). The van der Waals surface area contributed by atoms with Crippen LogP contribution in [0.1, 0.15) is 5.82 Å². The van der Waals surface area contributed by atoms with E-state index in [1.807, 2.05) is 12.1 Å². The second-order valence-corrected chi connectivity index (χ2v) is 4.68. The predicted molar refractivity (Wildman–Crippen MR) is 74.6 cm³/mol. The van der Waals surface area contributed by atoms with Gasteiger partial charge in [0.25, 0.3) is 0 Å². The first kappa shape index (κ1) is 14.0. The number of aromatic nitrogens is 4. The predicted octanol–water partition coefficient (Wildman–Crippen LogP) is -0.366. The number of hydrogen-bond acceptors (Lipinski definition) is 6. The van der Waals surface area contributed by atoms with Crippen LogP contribution in [0.25, 0.3) is 11.4 Å². The average molecular weight is 302 g/mol. The second kappa shape index (κ2) is 6.20. The van der Waals surface area contributed by atoms with Crippen LogP contribution in [-0.2, 0) is 16.0 Å². The molecule has 0 saturated carbocycles. The van der Waals surface area contributed by atoms with E-state index in [-0.39, 0.29) is 12.5 Å². The molecule has 0 aromatic carbocycles. The fraction of sp³-hybridized carbons (Fsp3) is 0.308. The van der Waals surface area contributed by atoms with Crippen molar-refractivity contribution in [2.75, 3.05) is 13.2 Å². The SMILES string of the molecule is O=C1N[C@H](C(=O)NCCc2nc(-c3cccnc3)n[nH]2)CO1. The molecule has 0 aliphatic carbocycles. The van der Waals surface area contributed by atoms with E-state index in [1.54, 1.807) is 12.4 Å². The standard InChI is InChI=1S/C13H14N6O3/c20-12(9-7-22-13(21)16-9)15-5-3-10-17-11(19-18-10)8-2-1-4-14-6-8/h1-2,4,6,9H,3,5,7H2,(H,15,20)(H,16,21)(H,17,18,19)/t9-/m0/s1. The smallest absolute Gasteiger partial charge is 0.407 e. The van der Waals surface area contributed by atoms with E-state index < -0.39 is 12.1 Å². The molecule has 3 heterocycles. The molecule has 3 N–H and O–H groups in total. The van der Waals surface area contributed by atoms with Gasteiger partial charge in [0.05, 0.1) is 0 Å². The lowest BCUT2D eigenvalue weighted by atomic mass is 10.3. The topological polar surface area (TPSA) is 122 Å². The van der Waals surface area contributed by atoms with Crippen molar-refractivity contribution < 1.29 is 14.3 Å². The van der Waals surface area contributed by atoms with Crippen LogP contribution in [0.15, 0.2) is 24.5 Å². The molecule has 22 heavy (non-hydrogen) atoms. The Labute approximate surface area is 125 Å². The summed E-state index contributed by atoms with van der Waals surface area (Å²) in [7, 11) is 0. The number of H-pyrrole nitrogens is 1. The van der Waals surface area contributed by atoms with Gasteiger partial charge in [-0.15, -0.1) is 0 Å². The highest BCUT2D eigenvalue weighted by molar-refractivity contribution is 5.87. The Hall–Kier alpha value is -2.97. The van der Waals surface area contributed by atoms with Crippen LogP contribution >= 0.6 is 0 Å². The van der Waals surface area contributed by atoms with Gasteiger partial charge in [0.15, 0.2) is 5.82 Å². The zero-order valence-corrected chi connectivity index (χ0v) is 11.6. The lowest BCUT2D eigenvalue weighted by Gasteiger charge is -2.07. The molecule has 0 spiro atoms. The first-order chi connectivity index (χ1) is 10.7. The Kier molecular flexibility index (Phi) is 3.95. The van der Waals surface area contributed by atoms with Crippen molar-refractivity contribution in [3.05, 3.63) is 30.4 Å². The molecule has 114 valence electrons. The molecule has 1 fully saturated rings. The van der Waals surface area contributed by atoms with Crippen LogP contribution in [0.2, 0.25) is 0 Å². The molecule has 2 aromatic heterocycles. The third-order valence-electron chi connectivity index (χ3n) is 3.10. The molecule has 1 aliphatic heterocycles. The molecular formula is C13H14N6O3. The number of nitrogens with one attached hydrogen (secondary N) is 3. The number of cyclic esters (lactones) is 1. The van der Waals surface area contributed by atoms with Gasteiger partial charge in [0.1, 0.15) is 18.5 Å². The summed E-state index contributed by atoms with van der Waals surface area (Å²) >= 11 is 0. The van der Waals surface area contributed by atoms with Gasteiger partial charge in [-0.2, -0.15) is 5.10 Å². The maximum atomic E-state index is 11.7. The first-order valence-corrected chi connectivity index (χ1v) is 6.75. The number of alkyl carbamates (subject to hydrolysis) is 1. The number of hydrogen-bond donors (Lipinski definition) is 3. The van der Waals surface area contributed by atoms with Crippen LogP contribution in [0, 0.1) is 0 Å². The summed E-state index contributed by atoms with van der Waals surface area (Å²) in [6.07, 6.45) is 3.28. The molecule has 9 heteroatoms. The monoisotopic (exact) mass is 302 g/mol. The third kappa shape index (κ3) is 3.19. The molecule has 9 nitrogen and oxygen atoms in total. The highest BCUT2D eigenvalue weighted by atomic mass is 16.6. The number of carbonyl (C=O) groups excluding carboxylic acids is 2. The van der Waals surface area contributed by atoms with Gasteiger partial charge in [0.2, 0.25) is 5.91 Å². The molecule has 1 aliphatic rings. The third-order valence-corrected chi connectivity index (χ3v) is 3.10. The fourth-order valence-corrected chi connectivity index (χ4v) is 1.98. The summed E-state index contributed by atoms with van der Waals surface area (Å²) in [5.41, 5.74) is 0.819. The minimum Gasteiger partial charge on any atom is -0.447 e. The minimum absolute atomic E-state index is 0.0537. The van der Waals surface area contributed by atoms with Crippen LogP contribution in [0.5, 0.6) is 0 Å². The molecule has 0 bridgehead atoms. The van der Waals surface area contributed by atoms with Gasteiger partial charge in [-0.1, -0.05) is 0 Å². The van der Waals surface area contributed by atoms with Crippen molar-refractivity contribution in [2.45, 2.75) is 12.5 Å². The van der Waals surface area contributed by atoms with Crippen LogP contribution in [0.4, 0.5) is 4.79 Å². The van der Waals surface area contributed by atoms with Gasteiger partial charge >= 0.3 is 6.09 Å². The Morgan fingerprint density at radius 3 is 3.14 bits per heavy atom. The van der Waals surface area contributed by atoms with Gasteiger partial charge in [-0.25, -0.2) is 9.78 Å². The first-order valence-electron chi connectivity index (χ1n) is 6.75.